The van der Waals surface area contributed by atoms with Gasteiger partial charge < -0.3 is 0 Å². The van der Waals surface area contributed by atoms with Crippen molar-refractivity contribution in [3.05, 3.63) is 45.6 Å². The summed E-state index contributed by atoms with van der Waals surface area (Å²) in [5.41, 5.74) is 1.84. The highest BCUT2D eigenvalue weighted by Crippen LogP contribution is 2.29. The van der Waals surface area contributed by atoms with Gasteiger partial charge in [0, 0.05) is 25.6 Å². The number of hydrogen-bond acceptors (Lipinski definition) is 4. The first-order valence-corrected chi connectivity index (χ1v) is 10.0. The average molecular weight is 364 g/mol. The Bertz CT molecular complexity index is 922. The summed E-state index contributed by atoms with van der Waals surface area (Å²) in [6, 6.07) is 5.25. The summed E-state index contributed by atoms with van der Waals surface area (Å²) < 4.78 is 28.9. The molecule has 0 bridgehead atoms. The molecular formula is C17H24N4O3S. The predicted molar refractivity (Wildman–Crippen MR) is 95.2 cm³/mol. The average Bonchev–Trinajstić information content (AvgIpc) is 2.98. The Balaban J connectivity index is 1.77. The Hall–Kier alpha value is -1.93. The van der Waals surface area contributed by atoms with Crippen molar-refractivity contribution < 1.29 is 8.42 Å². The van der Waals surface area contributed by atoms with Crippen LogP contribution in [0, 0.1) is 13.8 Å². The molecule has 1 aromatic carbocycles. The number of piperidine rings is 1. The van der Waals surface area contributed by atoms with Crippen molar-refractivity contribution in [1.82, 2.24) is 19.1 Å². The molecule has 1 aliphatic heterocycles. The van der Waals surface area contributed by atoms with Crippen molar-refractivity contribution in [2.45, 2.75) is 51.0 Å². The number of benzene rings is 1. The Morgan fingerprint density at radius 1 is 1.20 bits per heavy atom. The van der Waals surface area contributed by atoms with Gasteiger partial charge in [-0.15, -0.1) is 0 Å². The summed E-state index contributed by atoms with van der Waals surface area (Å²) in [6.07, 6.45) is 1.32. The minimum Gasteiger partial charge on any atom is -0.279 e. The molecule has 1 aliphatic rings. The fourth-order valence-electron chi connectivity index (χ4n) is 3.32. The van der Waals surface area contributed by atoms with E-state index in [9.17, 15) is 13.2 Å². The number of H-pyrrole nitrogens is 1. The van der Waals surface area contributed by atoms with Crippen LogP contribution in [0.15, 0.2) is 27.9 Å². The molecule has 25 heavy (non-hydrogen) atoms. The first-order chi connectivity index (χ1) is 11.8. The lowest BCUT2D eigenvalue weighted by atomic mass is 9.97. The van der Waals surface area contributed by atoms with Gasteiger partial charge in [-0.25, -0.2) is 18.3 Å². The van der Waals surface area contributed by atoms with Crippen LogP contribution >= 0.6 is 0 Å². The van der Waals surface area contributed by atoms with E-state index in [2.05, 4.69) is 10.2 Å². The van der Waals surface area contributed by atoms with Crippen LogP contribution < -0.4 is 5.69 Å². The fraction of sp³-hybridized carbons (Fsp3) is 0.529. The van der Waals surface area contributed by atoms with Gasteiger partial charge in [-0.3, -0.25) is 4.57 Å². The third-order valence-corrected chi connectivity index (χ3v) is 6.93. The molecule has 0 unspecified atom stereocenters. The van der Waals surface area contributed by atoms with Crippen molar-refractivity contribution in [3.8, 4) is 0 Å². The lowest BCUT2D eigenvalue weighted by molar-refractivity contribution is 0.309. The summed E-state index contributed by atoms with van der Waals surface area (Å²) in [7, 11) is -3.48. The SMILES string of the molecule is CCn1c(C2CCN(S(=O)(=O)c3ccc(C)c(C)c3)CC2)n[nH]c1=O. The van der Waals surface area contributed by atoms with Gasteiger partial charge in [0.25, 0.3) is 0 Å². The van der Waals surface area contributed by atoms with Crippen molar-refractivity contribution in [2.24, 2.45) is 0 Å². The zero-order valence-electron chi connectivity index (χ0n) is 14.8. The molecule has 0 amide bonds. The molecule has 1 aromatic heterocycles. The third kappa shape index (κ3) is 3.28. The molecule has 0 spiro atoms. The Kier molecular flexibility index (Phi) is 4.83. The molecule has 8 heteroatoms. The molecule has 0 atom stereocenters. The summed E-state index contributed by atoms with van der Waals surface area (Å²) in [6.45, 7) is 7.22. The zero-order valence-corrected chi connectivity index (χ0v) is 15.6. The second-order valence-corrected chi connectivity index (χ2v) is 8.49. The monoisotopic (exact) mass is 364 g/mol. The van der Waals surface area contributed by atoms with E-state index < -0.39 is 10.0 Å². The molecule has 0 saturated carbocycles. The first-order valence-electron chi connectivity index (χ1n) is 8.57. The standard InChI is InChI=1S/C17H24N4O3S/c1-4-21-16(18-19-17(21)22)14-7-9-20(10-8-14)25(23,24)15-6-5-12(2)13(3)11-15/h5-6,11,14H,4,7-10H2,1-3H3,(H,19,22). The number of aromatic nitrogens is 3. The van der Waals surface area contributed by atoms with E-state index in [0.717, 1.165) is 17.0 Å². The van der Waals surface area contributed by atoms with E-state index in [1.165, 1.54) is 4.31 Å². The van der Waals surface area contributed by atoms with Crippen LogP contribution in [0.2, 0.25) is 0 Å². The maximum atomic E-state index is 12.9. The molecule has 2 heterocycles. The molecule has 7 nitrogen and oxygen atoms in total. The number of aromatic amines is 1. The lowest BCUT2D eigenvalue weighted by Crippen LogP contribution is -2.38. The number of hydrogen-bond donors (Lipinski definition) is 1. The number of nitrogens with one attached hydrogen (secondary N) is 1. The van der Waals surface area contributed by atoms with Crippen LogP contribution in [0.3, 0.4) is 0 Å². The fourth-order valence-corrected chi connectivity index (χ4v) is 4.88. The molecule has 1 saturated heterocycles. The summed E-state index contributed by atoms with van der Waals surface area (Å²) in [4.78, 5) is 12.1. The van der Waals surface area contributed by atoms with Crippen LogP contribution in [0.4, 0.5) is 0 Å². The highest BCUT2D eigenvalue weighted by molar-refractivity contribution is 7.89. The van der Waals surface area contributed by atoms with E-state index in [0.29, 0.717) is 37.4 Å². The number of aryl methyl sites for hydroxylation is 2. The maximum absolute atomic E-state index is 12.9. The van der Waals surface area contributed by atoms with Crippen molar-refractivity contribution in [1.29, 1.82) is 0 Å². The first kappa shape index (κ1) is 17.9. The number of rotatable bonds is 4. The van der Waals surface area contributed by atoms with Gasteiger partial charge in [-0.05, 0) is 56.9 Å². The van der Waals surface area contributed by atoms with Gasteiger partial charge in [0.1, 0.15) is 5.82 Å². The Morgan fingerprint density at radius 3 is 2.48 bits per heavy atom. The molecule has 3 rings (SSSR count). The van der Waals surface area contributed by atoms with E-state index >= 15 is 0 Å². The van der Waals surface area contributed by atoms with Gasteiger partial charge in [0.05, 0.1) is 4.90 Å². The largest absolute Gasteiger partial charge is 0.343 e. The maximum Gasteiger partial charge on any atom is 0.343 e. The summed E-state index contributed by atoms with van der Waals surface area (Å²) in [5, 5.41) is 6.62. The van der Waals surface area contributed by atoms with Crippen LogP contribution in [0.5, 0.6) is 0 Å². The van der Waals surface area contributed by atoms with E-state index in [1.807, 2.05) is 26.8 Å². The normalized spacial score (nSPS) is 17.1. The van der Waals surface area contributed by atoms with E-state index in [4.69, 9.17) is 0 Å². The van der Waals surface area contributed by atoms with Gasteiger partial charge in [-0.2, -0.15) is 9.40 Å². The minimum absolute atomic E-state index is 0.102. The van der Waals surface area contributed by atoms with Gasteiger partial charge in [0.15, 0.2) is 0 Å². The van der Waals surface area contributed by atoms with Crippen molar-refractivity contribution >= 4 is 10.0 Å². The van der Waals surface area contributed by atoms with Crippen LogP contribution in [-0.2, 0) is 16.6 Å². The summed E-state index contributed by atoms with van der Waals surface area (Å²) in [5.74, 6) is 0.834. The molecule has 2 aromatic rings. The number of nitrogens with zero attached hydrogens (tertiary/aromatic N) is 3. The topological polar surface area (TPSA) is 88.1 Å². The highest BCUT2D eigenvalue weighted by Gasteiger charge is 2.32. The van der Waals surface area contributed by atoms with Crippen LogP contribution in [0.1, 0.15) is 42.6 Å². The zero-order chi connectivity index (χ0) is 18.2. The Labute approximate surface area is 147 Å². The molecule has 136 valence electrons. The van der Waals surface area contributed by atoms with Gasteiger partial charge in [-0.1, -0.05) is 6.07 Å². The second kappa shape index (κ2) is 6.76. The lowest BCUT2D eigenvalue weighted by Gasteiger charge is -2.30. The van der Waals surface area contributed by atoms with E-state index in [-0.39, 0.29) is 11.6 Å². The number of sulfonamides is 1. The van der Waals surface area contributed by atoms with Crippen LogP contribution in [0.25, 0.3) is 0 Å². The minimum atomic E-state index is -3.48. The van der Waals surface area contributed by atoms with E-state index in [1.54, 1.807) is 16.7 Å². The molecule has 0 radical (unpaired) electrons. The molecule has 1 fully saturated rings. The molecule has 1 N–H and O–H groups in total. The van der Waals surface area contributed by atoms with Crippen LogP contribution in [-0.4, -0.2) is 40.6 Å². The predicted octanol–water partition coefficient (Wildman–Crippen LogP) is 1.78. The van der Waals surface area contributed by atoms with Crippen molar-refractivity contribution in [3.63, 3.8) is 0 Å². The Morgan fingerprint density at radius 2 is 1.88 bits per heavy atom. The summed E-state index contributed by atoms with van der Waals surface area (Å²) >= 11 is 0. The second-order valence-electron chi connectivity index (χ2n) is 6.56. The third-order valence-electron chi connectivity index (χ3n) is 5.04. The van der Waals surface area contributed by atoms with Gasteiger partial charge in [0.2, 0.25) is 10.0 Å². The van der Waals surface area contributed by atoms with Gasteiger partial charge >= 0.3 is 5.69 Å². The molecule has 0 aliphatic carbocycles. The molecular weight excluding hydrogens is 340 g/mol. The quantitative estimate of drug-likeness (QED) is 0.896. The van der Waals surface area contributed by atoms with Crippen molar-refractivity contribution in [2.75, 3.05) is 13.1 Å². The smallest absolute Gasteiger partial charge is 0.279 e. The highest BCUT2D eigenvalue weighted by atomic mass is 32.2.